The summed E-state index contributed by atoms with van der Waals surface area (Å²) in [6.45, 7) is 4.43. The minimum atomic E-state index is -0.661. The number of carbonyl (C=O) groups excluding carboxylic acids is 3. The summed E-state index contributed by atoms with van der Waals surface area (Å²) in [7, 11) is 0. The van der Waals surface area contributed by atoms with Crippen LogP contribution < -0.4 is 10.6 Å². The highest BCUT2D eigenvalue weighted by Crippen LogP contribution is 2.21. The number of hydrogen-bond acceptors (Lipinski definition) is 4. The fourth-order valence-corrected chi connectivity index (χ4v) is 3.41. The summed E-state index contributed by atoms with van der Waals surface area (Å²) < 4.78 is 0.912. The van der Waals surface area contributed by atoms with Crippen LogP contribution in [0, 0.1) is 0 Å². The Bertz CT molecular complexity index is 710. The minimum Gasteiger partial charge on any atom is -0.355 e. The molecule has 140 valence electrons. The lowest BCUT2D eigenvalue weighted by Gasteiger charge is -2.23. The number of rotatable bonds is 7. The van der Waals surface area contributed by atoms with Crippen LogP contribution in [0.3, 0.4) is 0 Å². The van der Waals surface area contributed by atoms with Gasteiger partial charge in [0.15, 0.2) is 5.11 Å². The van der Waals surface area contributed by atoms with E-state index in [2.05, 4.69) is 26.6 Å². The Hall–Kier alpha value is -2.00. The second-order valence-electron chi connectivity index (χ2n) is 5.82. The summed E-state index contributed by atoms with van der Waals surface area (Å²) in [5.41, 5.74) is 0.656. The first kappa shape index (κ1) is 20.3. The number of hydrogen-bond donors (Lipinski definition) is 2. The van der Waals surface area contributed by atoms with Crippen LogP contribution in [0.4, 0.5) is 5.69 Å². The van der Waals surface area contributed by atoms with Gasteiger partial charge in [-0.2, -0.15) is 0 Å². The van der Waals surface area contributed by atoms with Gasteiger partial charge < -0.3 is 15.5 Å². The lowest BCUT2D eigenvalue weighted by Crippen LogP contribution is -2.42. The van der Waals surface area contributed by atoms with Crippen molar-refractivity contribution in [1.82, 2.24) is 15.1 Å². The first-order chi connectivity index (χ1) is 12.3. The van der Waals surface area contributed by atoms with Crippen LogP contribution in [0.1, 0.15) is 20.3 Å². The average Bonchev–Trinajstić information content (AvgIpc) is 2.80. The highest BCUT2D eigenvalue weighted by molar-refractivity contribution is 9.10. The molecule has 1 aromatic rings. The summed E-state index contributed by atoms with van der Waals surface area (Å²) in [4.78, 5) is 39.3. The number of nitrogens with one attached hydrogen (secondary N) is 2. The highest BCUT2D eigenvalue weighted by Gasteiger charge is 2.42. The molecule has 2 rings (SSSR count). The fourth-order valence-electron chi connectivity index (χ4n) is 2.71. The molecule has 9 heteroatoms. The van der Waals surface area contributed by atoms with E-state index in [0.29, 0.717) is 30.4 Å². The van der Waals surface area contributed by atoms with E-state index < -0.39 is 6.04 Å². The minimum absolute atomic E-state index is 0.00832. The highest BCUT2D eigenvalue weighted by atomic mass is 79.9. The fraction of sp³-hybridized carbons (Fsp3) is 0.412. The Morgan fingerprint density at radius 3 is 2.50 bits per heavy atom. The molecule has 1 heterocycles. The standard InChI is InChI=1S/C17H21BrN4O3S/c1-3-21-16(25)14(22(17(21)26)9-8-19-11(2)23)10-15(24)20-13-6-4-12(18)5-7-13/h4-7,14H,3,8-10H2,1-2H3,(H,19,23)(H,20,24). The molecule has 2 N–H and O–H groups in total. The van der Waals surface area contributed by atoms with Gasteiger partial charge in [0.1, 0.15) is 6.04 Å². The molecule has 1 saturated heterocycles. The summed E-state index contributed by atoms with van der Waals surface area (Å²) in [5.74, 6) is -0.611. The van der Waals surface area contributed by atoms with Crippen molar-refractivity contribution in [1.29, 1.82) is 0 Å². The lowest BCUT2D eigenvalue weighted by molar-refractivity contribution is -0.130. The van der Waals surface area contributed by atoms with Gasteiger partial charge in [0, 0.05) is 36.7 Å². The maximum Gasteiger partial charge on any atom is 0.252 e. The first-order valence-corrected chi connectivity index (χ1v) is 9.45. The summed E-state index contributed by atoms with van der Waals surface area (Å²) in [6.07, 6.45) is -0.00832. The third-order valence-corrected chi connectivity index (χ3v) is 4.94. The van der Waals surface area contributed by atoms with Crippen LogP contribution in [0.15, 0.2) is 28.7 Å². The van der Waals surface area contributed by atoms with Gasteiger partial charge in [-0.3, -0.25) is 19.3 Å². The molecule has 0 saturated carbocycles. The first-order valence-electron chi connectivity index (χ1n) is 8.25. The molecule has 7 nitrogen and oxygen atoms in total. The molecule has 1 fully saturated rings. The van der Waals surface area contributed by atoms with Crippen LogP contribution in [0.2, 0.25) is 0 Å². The number of thiocarbonyl (C=S) groups is 1. The molecule has 3 amide bonds. The van der Waals surface area contributed by atoms with Gasteiger partial charge in [0.2, 0.25) is 11.8 Å². The lowest BCUT2D eigenvalue weighted by atomic mass is 10.1. The van der Waals surface area contributed by atoms with Crippen molar-refractivity contribution in [2.45, 2.75) is 26.3 Å². The van der Waals surface area contributed by atoms with E-state index >= 15 is 0 Å². The molecular weight excluding hydrogens is 420 g/mol. The van der Waals surface area contributed by atoms with E-state index in [9.17, 15) is 14.4 Å². The zero-order valence-electron chi connectivity index (χ0n) is 14.6. The van der Waals surface area contributed by atoms with Crippen molar-refractivity contribution in [3.05, 3.63) is 28.7 Å². The van der Waals surface area contributed by atoms with Crippen LogP contribution in [0.5, 0.6) is 0 Å². The van der Waals surface area contributed by atoms with Crippen molar-refractivity contribution in [2.75, 3.05) is 25.0 Å². The number of amides is 3. The van der Waals surface area contributed by atoms with Gasteiger partial charge in [-0.15, -0.1) is 0 Å². The average molecular weight is 441 g/mol. The van der Waals surface area contributed by atoms with Gasteiger partial charge in [-0.25, -0.2) is 0 Å². The summed E-state index contributed by atoms with van der Waals surface area (Å²) in [5, 5.41) is 5.87. The van der Waals surface area contributed by atoms with Crippen LogP contribution in [0.25, 0.3) is 0 Å². The molecule has 1 unspecified atom stereocenters. The van der Waals surface area contributed by atoms with Crippen molar-refractivity contribution in [3.8, 4) is 0 Å². The maximum absolute atomic E-state index is 12.6. The third kappa shape index (κ3) is 5.01. The summed E-state index contributed by atoms with van der Waals surface area (Å²) >= 11 is 8.71. The molecule has 1 aromatic carbocycles. The molecule has 1 aliphatic heterocycles. The Labute approximate surface area is 166 Å². The number of nitrogens with zero attached hydrogens (tertiary/aromatic N) is 2. The van der Waals surface area contributed by atoms with Crippen LogP contribution >= 0.6 is 28.1 Å². The molecule has 26 heavy (non-hydrogen) atoms. The Morgan fingerprint density at radius 1 is 1.27 bits per heavy atom. The zero-order valence-corrected chi connectivity index (χ0v) is 17.0. The number of benzene rings is 1. The molecule has 0 spiro atoms. The van der Waals surface area contributed by atoms with Gasteiger partial charge >= 0.3 is 0 Å². The van der Waals surface area contributed by atoms with Crippen molar-refractivity contribution in [2.24, 2.45) is 0 Å². The van der Waals surface area contributed by atoms with Crippen molar-refractivity contribution in [3.63, 3.8) is 0 Å². The number of anilines is 1. The number of halogens is 1. The monoisotopic (exact) mass is 440 g/mol. The quantitative estimate of drug-likeness (QED) is 0.630. The maximum atomic E-state index is 12.6. The topological polar surface area (TPSA) is 81.8 Å². The molecule has 0 radical (unpaired) electrons. The van der Waals surface area contributed by atoms with Crippen LogP contribution in [-0.2, 0) is 14.4 Å². The van der Waals surface area contributed by atoms with E-state index in [4.69, 9.17) is 12.2 Å². The second-order valence-corrected chi connectivity index (χ2v) is 7.10. The van der Waals surface area contributed by atoms with E-state index in [1.165, 1.54) is 11.8 Å². The Kier molecular flexibility index (Phi) is 7.10. The van der Waals surface area contributed by atoms with Gasteiger partial charge in [0.25, 0.3) is 5.91 Å². The SMILES string of the molecule is CCN1C(=O)C(CC(=O)Nc2ccc(Br)cc2)N(CCNC(C)=O)C1=S. The molecule has 1 aliphatic rings. The molecule has 1 atom stereocenters. The van der Waals surface area contributed by atoms with Gasteiger partial charge in [-0.05, 0) is 43.4 Å². The predicted molar refractivity (Wildman–Crippen MR) is 107 cm³/mol. The molecule has 0 aliphatic carbocycles. The number of likely N-dealkylation sites (N-methyl/N-ethyl adjacent to an activating group) is 1. The third-order valence-electron chi connectivity index (χ3n) is 3.95. The van der Waals surface area contributed by atoms with E-state index in [1.807, 2.05) is 19.1 Å². The second kappa shape index (κ2) is 9.09. The molecule has 0 bridgehead atoms. The summed E-state index contributed by atoms with van der Waals surface area (Å²) in [6, 6.07) is 6.53. The van der Waals surface area contributed by atoms with Crippen molar-refractivity contribution < 1.29 is 14.4 Å². The smallest absolute Gasteiger partial charge is 0.252 e. The molecular formula is C17H21BrN4O3S. The predicted octanol–water partition coefficient (Wildman–Crippen LogP) is 1.73. The van der Waals surface area contributed by atoms with E-state index in [0.717, 1.165) is 4.47 Å². The van der Waals surface area contributed by atoms with Crippen LogP contribution in [-0.4, -0.2) is 58.3 Å². The Balaban J connectivity index is 2.05. The van der Waals surface area contributed by atoms with Crippen molar-refractivity contribution >= 4 is 56.7 Å². The van der Waals surface area contributed by atoms with Gasteiger partial charge in [-0.1, -0.05) is 15.9 Å². The zero-order chi connectivity index (χ0) is 19.3. The largest absolute Gasteiger partial charge is 0.355 e. The Morgan fingerprint density at radius 2 is 1.92 bits per heavy atom. The van der Waals surface area contributed by atoms with Gasteiger partial charge in [0.05, 0.1) is 6.42 Å². The normalized spacial score (nSPS) is 16.8. The number of carbonyl (C=O) groups is 3. The van der Waals surface area contributed by atoms with E-state index in [-0.39, 0.29) is 24.1 Å². The molecule has 0 aromatic heterocycles. The van der Waals surface area contributed by atoms with E-state index in [1.54, 1.807) is 17.0 Å².